The minimum Gasteiger partial charge on any atom is -0.350 e. The maximum absolute atomic E-state index is 13.4. The molecule has 0 bridgehead atoms. The predicted octanol–water partition coefficient (Wildman–Crippen LogP) is 4.24. The summed E-state index contributed by atoms with van der Waals surface area (Å²) >= 11 is 0. The molecule has 3 aromatic heterocycles. The van der Waals surface area contributed by atoms with Gasteiger partial charge in [-0.2, -0.15) is 4.98 Å². The van der Waals surface area contributed by atoms with Gasteiger partial charge in [0.05, 0.1) is 17.4 Å². The molecule has 1 saturated heterocycles. The molecule has 1 aliphatic heterocycles. The fraction of sp³-hybridized carbons (Fsp3) is 0.480. The van der Waals surface area contributed by atoms with Crippen LogP contribution in [-0.4, -0.2) is 38.0 Å². The number of aromatic nitrogens is 4. The highest BCUT2D eigenvalue weighted by atomic mass is 16.1. The van der Waals surface area contributed by atoms with Crippen LogP contribution in [0.1, 0.15) is 73.8 Å². The van der Waals surface area contributed by atoms with Gasteiger partial charge >= 0.3 is 0 Å². The maximum atomic E-state index is 13.4. The number of hydrogen-bond donors (Lipinski definition) is 1. The van der Waals surface area contributed by atoms with E-state index in [1.807, 2.05) is 19.2 Å². The molecule has 1 atom stereocenters. The fourth-order valence-electron chi connectivity index (χ4n) is 5.38. The first kappa shape index (κ1) is 21.6. The lowest BCUT2D eigenvalue weighted by Gasteiger charge is -2.37. The molecule has 1 N–H and O–H groups in total. The largest absolute Gasteiger partial charge is 0.350 e. The number of carbonyl (C=O) groups is 1. The van der Waals surface area contributed by atoms with Crippen LogP contribution < -0.4 is 15.8 Å². The van der Waals surface area contributed by atoms with Gasteiger partial charge in [-0.05, 0) is 63.6 Å². The Balaban J connectivity index is 1.57. The summed E-state index contributed by atoms with van der Waals surface area (Å²) in [4.78, 5) is 41.8. The van der Waals surface area contributed by atoms with E-state index >= 15 is 0 Å². The molecule has 1 saturated carbocycles. The number of rotatable bonds is 5. The van der Waals surface area contributed by atoms with Gasteiger partial charge in [-0.1, -0.05) is 12.8 Å². The molecule has 2 aliphatic rings. The molecule has 2 fully saturated rings. The quantitative estimate of drug-likeness (QED) is 0.586. The van der Waals surface area contributed by atoms with Gasteiger partial charge in [-0.15, -0.1) is 0 Å². The van der Waals surface area contributed by atoms with Crippen molar-refractivity contribution >= 4 is 28.5 Å². The zero-order valence-electron chi connectivity index (χ0n) is 19.3. The van der Waals surface area contributed by atoms with Crippen LogP contribution in [0.4, 0.5) is 11.6 Å². The summed E-state index contributed by atoms with van der Waals surface area (Å²) in [5.74, 6) is 0.298. The van der Waals surface area contributed by atoms with Crippen molar-refractivity contribution < 1.29 is 4.79 Å². The van der Waals surface area contributed by atoms with E-state index < -0.39 is 0 Å². The first-order valence-corrected chi connectivity index (χ1v) is 11.9. The Kier molecular flexibility index (Phi) is 5.83. The normalized spacial score (nSPS) is 19.2. The highest BCUT2D eigenvalue weighted by molar-refractivity contribution is 5.99. The Morgan fingerprint density at radius 1 is 1.12 bits per heavy atom. The minimum atomic E-state index is -0.223. The van der Waals surface area contributed by atoms with Gasteiger partial charge in [0.15, 0.2) is 5.78 Å². The van der Waals surface area contributed by atoms with E-state index in [9.17, 15) is 9.59 Å². The standard InChI is InChI=1S/C25H30N6O2/c1-16-20-15-27-25(28-21-11-5-6-13-30(21)19-10-7-12-26-14-19)29-23(20)31(18-8-3-4-9-18)24(33)22(16)17(2)32/h7,10,12,14-15,18,21H,3-6,8-9,11,13H2,1-2H3,(H,27,28,29). The maximum Gasteiger partial charge on any atom is 0.263 e. The number of piperidine rings is 1. The van der Waals surface area contributed by atoms with Crippen LogP contribution in [0, 0.1) is 6.92 Å². The number of nitrogens with zero attached hydrogens (tertiary/aromatic N) is 5. The Bertz CT molecular complexity index is 1230. The van der Waals surface area contributed by atoms with E-state index in [1.165, 1.54) is 6.92 Å². The Morgan fingerprint density at radius 3 is 2.64 bits per heavy atom. The molecule has 172 valence electrons. The Morgan fingerprint density at radius 2 is 1.91 bits per heavy atom. The van der Waals surface area contributed by atoms with Gasteiger partial charge in [0.1, 0.15) is 11.8 Å². The van der Waals surface area contributed by atoms with E-state index in [2.05, 4.69) is 26.3 Å². The number of ketones is 1. The molecular formula is C25H30N6O2. The summed E-state index contributed by atoms with van der Waals surface area (Å²) in [6.07, 6.45) is 12.7. The zero-order chi connectivity index (χ0) is 22.9. The smallest absolute Gasteiger partial charge is 0.263 e. The van der Waals surface area contributed by atoms with Gasteiger partial charge in [-0.3, -0.25) is 19.1 Å². The van der Waals surface area contributed by atoms with Crippen LogP contribution in [0.15, 0.2) is 35.5 Å². The molecule has 0 amide bonds. The molecule has 8 heteroatoms. The summed E-state index contributed by atoms with van der Waals surface area (Å²) in [6.45, 7) is 4.22. The van der Waals surface area contributed by atoms with Crippen molar-refractivity contribution in [2.75, 3.05) is 16.8 Å². The third kappa shape index (κ3) is 3.98. The first-order valence-electron chi connectivity index (χ1n) is 11.9. The molecule has 0 radical (unpaired) electrons. The van der Waals surface area contributed by atoms with E-state index in [0.717, 1.165) is 62.6 Å². The number of aryl methyl sites for hydroxylation is 1. The number of pyridine rings is 2. The van der Waals surface area contributed by atoms with Crippen molar-refractivity contribution in [1.82, 2.24) is 19.5 Å². The van der Waals surface area contributed by atoms with Crippen molar-refractivity contribution in [3.8, 4) is 0 Å². The van der Waals surface area contributed by atoms with Gasteiger partial charge in [0, 0.05) is 30.4 Å². The van der Waals surface area contributed by atoms with Crippen LogP contribution >= 0.6 is 0 Å². The molecule has 33 heavy (non-hydrogen) atoms. The van der Waals surface area contributed by atoms with Crippen molar-refractivity contribution in [2.24, 2.45) is 0 Å². The van der Waals surface area contributed by atoms with Crippen LogP contribution in [0.2, 0.25) is 0 Å². The first-order chi connectivity index (χ1) is 16.0. The molecule has 3 aromatic rings. The number of anilines is 2. The molecule has 8 nitrogen and oxygen atoms in total. The summed E-state index contributed by atoms with van der Waals surface area (Å²) < 4.78 is 1.76. The van der Waals surface area contributed by atoms with Crippen LogP contribution in [-0.2, 0) is 0 Å². The van der Waals surface area contributed by atoms with E-state index in [-0.39, 0.29) is 29.1 Å². The third-order valence-electron chi connectivity index (χ3n) is 7.03. The molecular weight excluding hydrogens is 416 g/mol. The molecule has 0 spiro atoms. The van der Waals surface area contributed by atoms with Gasteiger partial charge in [-0.25, -0.2) is 4.98 Å². The molecule has 0 aromatic carbocycles. The number of carbonyl (C=O) groups excluding carboxylic acids is 1. The number of nitrogens with one attached hydrogen (secondary N) is 1. The average Bonchev–Trinajstić information content (AvgIpc) is 3.34. The second-order valence-corrected chi connectivity index (χ2v) is 9.16. The fourth-order valence-corrected chi connectivity index (χ4v) is 5.38. The predicted molar refractivity (Wildman–Crippen MR) is 129 cm³/mol. The number of fused-ring (bicyclic) bond motifs is 1. The van der Waals surface area contributed by atoms with Crippen LogP contribution in [0.3, 0.4) is 0 Å². The van der Waals surface area contributed by atoms with Gasteiger partial charge in [0.2, 0.25) is 5.95 Å². The lowest BCUT2D eigenvalue weighted by Crippen LogP contribution is -2.45. The molecule has 4 heterocycles. The summed E-state index contributed by atoms with van der Waals surface area (Å²) in [7, 11) is 0. The van der Waals surface area contributed by atoms with Gasteiger partial charge in [0.25, 0.3) is 5.56 Å². The molecule has 1 unspecified atom stereocenters. The Labute approximate surface area is 193 Å². The average molecular weight is 447 g/mol. The second-order valence-electron chi connectivity index (χ2n) is 9.16. The molecule has 5 rings (SSSR count). The molecule has 1 aliphatic carbocycles. The Hall–Kier alpha value is -3.29. The summed E-state index contributed by atoms with van der Waals surface area (Å²) in [6, 6.07) is 4.09. The second kappa shape index (κ2) is 8.92. The van der Waals surface area contributed by atoms with E-state index in [1.54, 1.807) is 17.0 Å². The lowest BCUT2D eigenvalue weighted by molar-refractivity contribution is 0.101. The third-order valence-corrected chi connectivity index (χ3v) is 7.03. The van der Waals surface area contributed by atoms with Crippen molar-refractivity contribution in [2.45, 2.75) is 71.0 Å². The lowest BCUT2D eigenvalue weighted by atomic mass is 10.0. The van der Waals surface area contributed by atoms with Crippen LogP contribution in [0.25, 0.3) is 11.0 Å². The highest BCUT2D eigenvalue weighted by Gasteiger charge is 2.27. The zero-order valence-corrected chi connectivity index (χ0v) is 19.3. The minimum absolute atomic E-state index is 0.0460. The highest BCUT2D eigenvalue weighted by Crippen LogP contribution is 2.32. The summed E-state index contributed by atoms with van der Waals surface area (Å²) in [5, 5.41) is 4.28. The topological polar surface area (TPSA) is 93.0 Å². The van der Waals surface area contributed by atoms with Crippen molar-refractivity contribution in [3.63, 3.8) is 0 Å². The van der Waals surface area contributed by atoms with Crippen molar-refractivity contribution in [3.05, 3.63) is 52.2 Å². The number of hydrogen-bond acceptors (Lipinski definition) is 7. The summed E-state index contributed by atoms with van der Waals surface area (Å²) in [5.41, 5.74) is 2.39. The van der Waals surface area contributed by atoms with Crippen molar-refractivity contribution in [1.29, 1.82) is 0 Å². The monoisotopic (exact) mass is 446 g/mol. The van der Waals surface area contributed by atoms with Crippen LogP contribution in [0.5, 0.6) is 0 Å². The van der Waals surface area contributed by atoms with E-state index in [4.69, 9.17) is 4.98 Å². The number of Topliss-reactive ketones (excluding diaryl/α,β-unsaturated/α-hetero) is 1. The van der Waals surface area contributed by atoms with E-state index in [0.29, 0.717) is 17.2 Å². The van der Waals surface area contributed by atoms with Gasteiger partial charge < -0.3 is 10.2 Å². The SMILES string of the molecule is CC(=O)c1c(C)c2cnc(NC3CCCCN3c3cccnc3)nc2n(C2CCCC2)c1=O.